The van der Waals surface area contributed by atoms with E-state index in [1.165, 1.54) is 0 Å². The Bertz CT molecular complexity index is 748. The number of ether oxygens (including phenoxy) is 1. The topological polar surface area (TPSA) is 39.9 Å². The van der Waals surface area contributed by atoms with Gasteiger partial charge in [-0.15, -0.1) is 0 Å². The Morgan fingerprint density at radius 2 is 2.05 bits per heavy atom. The van der Waals surface area contributed by atoms with Gasteiger partial charge in [-0.1, -0.05) is 12.1 Å². The van der Waals surface area contributed by atoms with Crippen LogP contribution in [0.2, 0.25) is 0 Å². The maximum absolute atomic E-state index is 5.81. The Morgan fingerprint density at radius 1 is 1.11 bits per heavy atom. The minimum atomic E-state index is 0.725. The second-order valence-electron chi connectivity index (χ2n) is 4.63. The molecule has 4 nitrogen and oxygen atoms in total. The molecule has 94 valence electrons. The Balaban J connectivity index is 2.06. The summed E-state index contributed by atoms with van der Waals surface area (Å²) < 4.78 is 8.00. The lowest BCUT2D eigenvalue weighted by molar-refractivity contribution is 0.299. The summed E-state index contributed by atoms with van der Waals surface area (Å²) in [5.74, 6) is 1.85. The van der Waals surface area contributed by atoms with Crippen molar-refractivity contribution in [1.29, 1.82) is 0 Å². The van der Waals surface area contributed by atoms with Crippen LogP contribution in [0.4, 0.5) is 0 Å². The second kappa shape index (κ2) is 4.09. The van der Waals surface area contributed by atoms with E-state index in [1.54, 1.807) is 0 Å². The van der Waals surface area contributed by atoms with Crippen molar-refractivity contribution in [2.45, 2.75) is 13.0 Å². The van der Waals surface area contributed by atoms with Crippen LogP contribution in [0.25, 0.3) is 22.6 Å². The maximum Gasteiger partial charge on any atom is 0.160 e. The summed E-state index contributed by atoms with van der Waals surface area (Å²) in [6.07, 6.45) is 2.78. The van der Waals surface area contributed by atoms with Crippen LogP contribution in [-0.4, -0.2) is 21.1 Å². The number of hydrogen-bond donors (Lipinski definition) is 0. The molecule has 1 aliphatic rings. The molecule has 4 heteroatoms. The predicted octanol–water partition coefficient (Wildman–Crippen LogP) is 2.88. The summed E-state index contributed by atoms with van der Waals surface area (Å²) in [5, 5.41) is 0. The van der Waals surface area contributed by atoms with Crippen LogP contribution in [0.5, 0.6) is 5.75 Å². The van der Waals surface area contributed by atoms with Gasteiger partial charge in [0.15, 0.2) is 5.65 Å². The minimum Gasteiger partial charge on any atom is -0.493 e. The summed E-state index contributed by atoms with van der Waals surface area (Å²) >= 11 is 0. The average Bonchev–Trinajstić information content (AvgIpc) is 2.79. The highest BCUT2D eigenvalue weighted by atomic mass is 16.5. The van der Waals surface area contributed by atoms with Gasteiger partial charge in [-0.2, -0.15) is 0 Å². The van der Waals surface area contributed by atoms with Gasteiger partial charge in [0, 0.05) is 12.7 Å². The number of pyridine rings is 1. The van der Waals surface area contributed by atoms with E-state index in [0.717, 1.165) is 47.9 Å². The van der Waals surface area contributed by atoms with Crippen molar-refractivity contribution >= 4 is 11.2 Å². The first-order chi connectivity index (χ1) is 9.43. The largest absolute Gasteiger partial charge is 0.493 e. The Hall–Kier alpha value is -2.36. The van der Waals surface area contributed by atoms with Crippen molar-refractivity contribution < 1.29 is 4.74 Å². The second-order valence-corrected chi connectivity index (χ2v) is 4.63. The Morgan fingerprint density at radius 3 is 3.05 bits per heavy atom. The number of fused-ring (bicyclic) bond motifs is 5. The summed E-state index contributed by atoms with van der Waals surface area (Å²) in [6.45, 7) is 1.61. The molecule has 0 atom stereocenters. The SMILES string of the molecule is c1ccc2c(c1)OCCCn1c-2nc2cccnc21. The normalized spacial score (nSPS) is 14.1. The first-order valence-electron chi connectivity index (χ1n) is 6.47. The molecule has 0 spiro atoms. The van der Waals surface area contributed by atoms with Gasteiger partial charge in [0.05, 0.1) is 12.2 Å². The van der Waals surface area contributed by atoms with E-state index >= 15 is 0 Å². The van der Waals surface area contributed by atoms with Gasteiger partial charge in [-0.25, -0.2) is 9.97 Å². The first-order valence-corrected chi connectivity index (χ1v) is 6.47. The Kier molecular flexibility index (Phi) is 2.27. The number of imidazole rings is 1. The molecular formula is C15H13N3O. The van der Waals surface area contributed by atoms with Crippen molar-refractivity contribution in [1.82, 2.24) is 14.5 Å². The quantitative estimate of drug-likeness (QED) is 0.616. The van der Waals surface area contributed by atoms with Crippen LogP contribution in [-0.2, 0) is 6.54 Å². The summed E-state index contributed by atoms with van der Waals surface area (Å²) in [6, 6.07) is 12.0. The fraction of sp³-hybridized carbons (Fsp3) is 0.200. The number of rotatable bonds is 0. The van der Waals surface area contributed by atoms with E-state index in [9.17, 15) is 0 Å². The number of nitrogens with zero attached hydrogens (tertiary/aromatic N) is 3. The van der Waals surface area contributed by atoms with E-state index in [1.807, 2.05) is 36.5 Å². The smallest absolute Gasteiger partial charge is 0.160 e. The number of para-hydroxylation sites is 1. The van der Waals surface area contributed by atoms with Crippen molar-refractivity contribution in [3.8, 4) is 17.1 Å². The lowest BCUT2D eigenvalue weighted by Crippen LogP contribution is -2.10. The first kappa shape index (κ1) is 10.6. The van der Waals surface area contributed by atoms with Gasteiger partial charge in [-0.3, -0.25) is 0 Å². The fourth-order valence-corrected chi connectivity index (χ4v) is 2.56. The van der Waals surface area contributed by atoms with Crippen LogP contribution in [0.15, 0.2) is 42.6 Å². The third-order valence-electron chi connectivity index (χ3n) is 3.42. The zero-order valence-electron chi connectivity index (χ0n) is 10.4. The third-order valence-corrected chi connectivity index (χ3v) is 3.42. The molecule has 1 aliphatic heterocycles. The average molecular weight is 251 g/mol. The molecule has 3 heterocycles. The van der Waals surface area contributed by atoms with Crippen molar-refractivity contribution in [2.24, 2.45) is 0 Å². The standard InChI is InChI=1S/C15H13N3O/c1-2-7-13-11(5-1)14-17-12-6-3-8-16-15(12)18(14)9-4-10-19-13/h1-3,5-8H,4,9-10H2. The highest BCUT2D eigenvalue weighted by molar-refractivity contribution is 5.78. The molecule has 0 radical (unpaired) electrons. The molecule has 0 aliphatic carbocycles. The highest BCUT2D eigenvalue weighted by Crippen LogP contribution is 2.32. The fourth-order valence-electron chi connectivity index (χ4n) is 2.56. The van der Waals surface area contributed by atoms with Crippen LogP contribution in [0.1, 0.15) is 6.42 Å². The van der Waals surface area contributed by atoms with Crippen molar-refractivity contribution in [3.63, 3.8) is 0 Å². The van der Waals surface area contributed by atoms with E-state index < -0.39 is 0 Å². The van der Waals surface area contributed by atoms with Crippen LogP contribution >= 0.6 is 0 Å². The lowest BCUT2D eigenvalue weighted by atomic mass is 10.1. The molecule has 0 saturated carbocycles. The molecule has 0 bridgehead atoms. The van der Waals surface area contributed by atoms with E-state index in [4.69, 9.17) is 9.72 Å². The number of benzene rings is 1. The summed E-state index contributed by atoms with van der Waals surface area (Å²) in [5.41, 5.74) is 2.93. The van der Waals surface area contributed by atoms with Crippen LogP contribution in [0, 0.1) is 0 Å². The van der Waals surface area contributed by atoms with E-state index in [-0.39, 0.29) is 0 Å². The molecule has 0 amide bonds. The molecule has 1 aromatic carbocycles. The monoisotopic (exact) mass is 251 g/mol. The molecule has 19 heavy (non-hydrogen) atoms. The van der Waals surface area contributed by atoms with Gasteiger partial charge in [-0.05, 0) is 30.7 Å². The van der Waals surface area contributed by atoms with Gasteiger partial charge >= 0.3 is 0 Å². The van der Waals surface area contributed by atoms with Crippen molar-refractivity contribution in [3.05, 3.63) is 42.6 Å². The molecule has 0 unspecified atom stereocenters. The summed E-state index contributed by atoms with van der Waals surface area (Å²) in [7, 11) is 0. The maximum atomic E-state index is 5.81. The lowest BCUT2D eigenvalue weighted by Gasteiger charge is -2.16. The zero-order chi connectivity index (χ0) is 12.7. The number of aryl methyl sites for hydroxylation is 1. The molecule has 0 saturated heterocycles. The van der Waals surface area contributed by atoms with Gasteiger partial charge in [0.2, 0.25) is 0 Å². The van der Waals surface area contributed by atoms with Crippen LogP contribution < -0.4 is 4.74 Å². The molecule has 2 aromatic heterocycles. The van der Waals surface area contributed by atoms with Crippen molar-refractivity contribution in [2.75, 3.05) is 6.61 Å². The number of aromatic nitrogens is 3. The van der Waals surface area contributed by atoms with Crippen LogP contribution in [0.3, 0.4) is 0 Å². The third kappa shape index (κ3) is 1.60. The zero-order valence-corrected chi connectivity index (χ0v) is 10.4. The molecule has 4 rings (SSSR count). The van der Waals surface area contributed by atoms with E-state index in [0.29, 0.717) is 0 Å². The van der Waals surface area contributed by atoms with Gasteiger partial charge in [0.25, 0.3) is 0 Å². The summed E-state index contributed by atoms with van der Waals surface area (Å²) in [4.78, 5) is 9.18. The predicted molar refractivity (Wildman–Crippen MR) is 73.1 cm³/mol. The molecule has 0 fully saturated rings. The highest BCUT2D eigenvalue weighted by Gasteiger charge is 2.18. The molecule has 0 N–H and O–H groups in total. The Labute approximate surface area is 110 Å². The van der Waals surface area contributed by atoms with E-state index in [2.05, 4.69) is 15.6 Å². The number of hydrogen-bond acceptors (Lipinski definition) is 3. The molecular weight excluding hydrogens is 238 g/mol. The minimum absolute atomic E-state index is 0.725. The van der Waals surface area contributed by atoms with Gasteiger partial charge < -0.3 is 9.30 Å². The molecule has 3 aromatic rings. The van der Waals surface area contributed by atoms with Gasteiger partial charge in [0.1, 0.15) is 17.1 Å².